The third kappa shape index (κ3) is 5.28. The van der Waals surface area contributed by atoms with Gasteiger partial charge >= 0.3 is 0 Å². The first-order valence-corrected chi connectivity index (χ1v) is 12.5. The van der Waals surface area contributed by atoms with Crippen LogP contribution in [0.15, 0.2) is 34.2 Å². The number of nitrogens with zero attached hydrogens (tertiary/aromatic N) is 2. The van der Waals surface area contributed by atoms with Crippen molar-refractivity contribution in [2.45, 2.75) is 44.0 Å². The minimum Gasteiger partial charge on any atom is -0.382 e. The molecule has 7 nitrogen and oxygen atoms in total. The Labute approximate surface area is 189 Å². The maximum atomic E-state index is 13.3. The molecule has 1 atom stereocenters. The van der Waals surface area contributed by atoms with E-state index in [-0.39, 0.29) is 23.3 Å². The van der Waals surface area contributed by atoms with Gasteiger partial charge in [0.1, 0.15) is 4.70 Å². The molecule has 166 valence electrons. The summed E-state index contributed by atoms with van der Waals surface area (Å²) in [5.74, 6) is 0.129. The Balaban J connectivity index is 1.55. The number of ether oxygens (including phenoxy) is 2. The van der Waals surface area contributed by atoms with E-state index in [9.17, 15) is 9.59 Å². The van der Waals surface area contributed by atoms with Crippen LogP contribution in [0.2, 0.25) is 0 Å². The summed E-state index contributed by atoms with van der Waals surface area (Å²) in [6, 6.07) is 7.91. The van der Waals surface area contributed by atoms with Crippen molar-refractivity contribution >= 4 is 49.3 Å². The highest BCUT2D eigenvalue weighted by atomic mass is 32.2. The lowest BCUT2D eigenvalue weighted by molar-refractivity contribution is -0.119. The molecule has 3 heterocycles. The second-order valence-electron chi connectivity index (χ2n) is 7.41. The number of nitrogens with one attached hydrogen (secondary N) is 1. The highest BCUT2D eigenvalue weighted by Crippen LogP contribution is 2.31. The lowest BCUT2D eigenvalue weighted by Gasteiger charge is -2.13. The third-order valence-electron chi connectivity index (χ3n) is 5.20. The molecule has 0 spiro atoms. The Morgan fingerprint density at radius 3 is 3.10 bits per heavy atom. The first kappa shape index (κ1) is 22.3. The minimum atomic E-state index is -0.0779. The highest BCUT2D eigenvalue weighted by Gasteiger charge is 2.19. The number of aromatic nitrogens is 2. The van der Waals surface area contributed by atoms with Crippen LogP contribution in [0.4, 0.5) is 0 Å². The van der Waals surface area contributed by atoms with E-state index in [1.165, 1.54) is 23.1 Å². The second kappa shape index (κ2) is 10.6. The fourth-order valence-electron chi connectivity index (χ4n) is 3.64. The van der Waals surface area contributed by atoms with Gasteiger partial charge in [-0.1, -0.05) is 30.0 Å². The fraction of sp³-hybridized carbons (Fsp3) is 0.500. The Hall–Kier alpha value is -1.94. The number of thioether (sulfide) groups is 1. The topological polar surface area (TPSA) is 82.4 Å². The highest BCUT2D eigenvalue weighted by molar-refractivity contribution is 7.99. The molecule has 1 N–H and O–H groups in total. The van der Waals surface area contributed by atoms with Crippen LogP contribution >= 0.6 is 23.1 Å². The van der Waals surface area contributed by atoms with Crippen molar-refractivity contribution in [1.29, 1.82) is 0 Å². The van der Waals surface area contributed by atoms with Gasteiger partial charge in [-0.25, -0.2) is 4.98 Å². The minimum absolute atomic E-state index is 0.0510. The molecule has 0 aliphatic carbocycles. The van der Waals surface area contributed by atoms with Crippen LogP contribution in [0.25, 0.3) is 20.3 Å². The molecule has 1 aliphatic rings. The molecular formula is C22H27N3O4S2. The average Bonchev–Trinajstić information content (AvgIpc) is 3.43. The fourth-order valence-corrected chi connectivity index (χ4v) is 5.58. The molecule has 0 radical (unpaired) electrons. The summed E-state index contributed by atoms with van der Waals surface area (Å²) in [5.41, 5.74) is 0.666. The van der Waals surface area contributed by atoms with Crippen LogP contribution < -0.4 is 10.9 Å². The Bertz CT molecular complexity index is 1110. The predicted molar refractivity (Wildman–Crippen MR) is 125 cm³/mol. The molecule has 1 aromatic carbocycles. The molecule has 0 unspecified atom stereocenters. The van der Waals surface area contributed by atoms with Gasteiger partial charge in [-0.3, -0.25) is 14.2 Å². The molecular weight excluding hydrogens is 434 g/mol. The van der Waals surface area contributed by atoms with Crippen LogP contribution in [-0.4, -0.2) is 53.7 Å². The summed E-state index contributed by atoms with van der Waals surface area (Å²) in [7, 11) is 0. The standard InChI is InChI=1S/C22H27N3O4S2/c1-2-28-11-6-10-25-21(27)20-19(16-8-3-4-9-17(16)31-20)24-22(25)30-14-18(26)23-13-15-7-5-12-29-15/h3-4,8-9,15H,2,5-7,10-14H2,1H3,(H,23,26)/t15-/m1/s1. The van der Waals surface area contributed by atoms with Gasteiger partial charge in [0, 0.05) is 43.0 Å². The van der Waals surface area contributed by atoms with E-state index in [0.29, 0.717) is 48.1 Å². The molecule has 31 heavy (non-hydrogen) atoms. The van der Waals surface area contributed by atoms with Gasteiger partial charge < -0.3 is 14.8 Å². The smallest absolute Gasteiger partial charge is 0.272 e. The van der Waals surface area contributed by atoms with E-state index < -0.39 is 0 Å². The van der Waals surface area contributed by atoms with Gasteiger partial charge in [0.2, 0.25) is 5.91 Å². The molecule has 1 saturated heterocycles. The molecule has 4 rings (SSSR count). The number of amides is 1. The summed E-state index contributed by atoms with van der Waals surface area (Å²) >= 11 is 2.78. The summed E-state index contributed by atoms with van der Waals surface area (Å²) in [6.07, 6.45) is 2.85. The van der Waals surface area contributed by atoms with Crippen LogP contribution in [0.1, 0.15) is 26.2 Å². The lowest BCUT2D eigenvalue weighted by atomic mass is 10.2. The monoisotopic (exact) mass is 461 g/mol. The number of thiophene rings is 1. The normalized spacial score (nSPS) is 16.4. The number of hydrogen-bond donors (Lipinski definition) is 1. The summed E-state index contributed by atoms with van der Waals surface area (Å²) in [6.45, 7) is 4.99. The summed E-state index contributed by atoms with van der Waals surface area (Å²) in [4.78, 5) is 30.5. The van der Waals surface area contributed by atoms with Crippen molar-refractivity contribution in [1.82, 2.24) is 14.9 Å². The van der Waals surface area contributed by atoms with E-state index in [2.05, 4.69) is 5.32 Å². The van der Waals surface area contributed by atoms with Crippen LogP contribution in [0.5, 0.6) is 0 Å². The average molecular weight is 462 g/mol. The first-order chi connectivity index (χ1) is 15.2. The lowest BCUT2D eigenvalue weighted by Crippen LogP contribution is -2.33. The zero-order chi connectivity index (χ0) is 21.6. The molecule has 1 amide bonds. The number of benzene rings is 1. The maximum Gasteiger partial charge on any atom is 0.272 e. The molecule has 3 aromatic rings. The number of carbonyl (C=O) groups is 1. The molecule has 1 fully saturated rings. The van der Waals surface area contributed by atoms with Gasteiger partial charge in [0.15, 0.2) is 5.16 Å². The second-order valence-corrected chi connectivity index (χ2v) is 9.40. The Morgan fingerprint density at radius 2 is 2.29 bits per heavy atom. The van der Waals surface area contributed by atoms with Crippen molar-refractivity contribution < 1.29 is 14.3 Å². The zero-order valence-electron chi connectivity index (χ0n) is 17.6. The molecule has 0 bridgehead atoms. The van der Waals surface area contributed by atoms with Gasteiger partial charge in [-0.05, 0) is 32.3 Å². The number of fused-ring (bicyclic) bond motifs is 3. The maximum absolute atomic E-state index is 13.3. The third-order valence-corrected chi connectivity index (χ3v) is 7.33. The Morgan fingerprint density at radius 1 is 1.42 bits per heavy atom. The van der Waals surface area contributed by atoms with Crippen molar-refractivity contribution in [3.05, 3.63) is 34.6 Å². The van der Waals surface area contributed by atoms with Gasteiger partial charge in [0.25, 0.3) is 5.56 Å². The van der Waals surface area contributed by atoms with E-state index in [4.69, 9.17) is 14.5 Å². The quantitative estimate of drug-likeness (QED) is 0.283. The van der Waals surface area contributed by atoms with Gasteiger partial charge in [-0.2, -0.15) is 0 Å². The van der Waals surface area contributed by atoms with Crippen molar-refractivity contribution in [2.24, 2.45) is 0 Å². The predicted octanol–water partition coefficient (Wildman–Crippen LogP) is 3.43. The summed E-state index contributed by atoms with van der Waals surface area (Å²) < 4.78 is 14.4. The Kier molecular flexibility index (Phi) is 7.60. The first-order valence-electron chi connectivity index (χ1n) is 10.7. The van der Waals surface area contributed by atoms with Crippen LogP contribution in [0, 0.1) is 0 Å². The molecule has 2 aromatic heterocycles. The van der Waals surface area contributed by atoms with Crippen LogP contribution in [0.3, 0.4) is 0 Å². The van der Waals surface area contributed by atoms with E-state index >= 15 is 0 Å². The number of carbonyl (C=O) groups excluding carboxylic acids is 1. The van der Waals surface area contributed by atoms with E-state index in [0.717, 1.165) is 29.5 Å². The van der Waals surface area contributed by atoms with Crippen molar-refractivity contribution in [3.63, 3.8) is 0 Å². The largest absolute Gasteiger partial charge is 0.382 e. The van der Waals surface area contributed by atoms with Crippen LogP contribution in [-0.2, 0) is 20.8 Å². The SMILES string of the molecule is CCOCCCn1c(SCC(=O)NC[C@H]2CCCO2)nc2c(sc3ccccc32)c1=O. The number of rotatable bonds is 10. The van der Waals surface area contributed by atoms with Gasteiger partial charge in [0.05, 0.1) is 17.4 Å². The number of hydrogen-bond acceptors (Lipinski definition) is 7. The van der Waals surface area contributed by atoms with E-state index in [1.54, 1.807) is 4.57 Å². The molecule has 9 heteroatoms. The van der Waals surface area contributed by atoms with Crippen molar-refractivity contribution in [3.8, 4) is 0 Å². The van der Waals surface area contributed by atoms with Gasteiger partial charge in [-0.15, -0.1) is 11.3 Å². The van der Waals surface area contributed by atoms with E-state index in [1.807, 2.05) is 31.2 Å². The molecule has 0 saturated carbocycles. The zero-order valence-corrected chi connectivity index (χ0v) is 19.2. The molecule has 1 aliphatic heterocycles. The summed E-state index contributed by atoms with van der Waals surface area (Å²) in [5, 5.41) is 4.48. The van der Waals surface area contributed by atoms with Crippen molar-refractivity contribution in [2.75, 3.05) is 32.1 Å².